The summed E-state index contributed by atoms with van der Waals surface area (Å²) in [5, 5.41) is 0.413. The molecule has 0 fully saturated rings. The molecule has 24 heavy (non-hydrogen) atoms. The lowest BCUT2D eigenvalue weighted by Crippen LogP contribution is -2.22. The second-order valence-electron chi connectivity index (χ2n) is 5.37. The second kappa shape index (κ2) is 6.42. The Labute approximate surface area is 149 Å². The van der Waals surface area contributed by atoms with Crippen molar-refractivity contribution >= 4 is 34.5 Å². The number of rotatable bonds is 2. The first-order chi connectivity index (χ1) is 11.4. The monoisotopic (exact) mass is 363 g/mol. The molecule has 1 aliphatic heterocycles. The summed E-state index contributed by atoms with van der Waals surface area (Å²) in [4.78, 5) is 1.58. The van der Waals surface area contributed by atoms with Gasteiger partial charge in [0.05, 0.1) is 22.0 Å². The van der Waals surface area contributed by atoms with Crippen LogP contribution >= 0.6 is 23.2 Å². The average molecular weight is 364 g/mol. The summed E-state index contributed by atoms with van der Waals surface area (Å²) >= 11 is 12.0. The van der Waals surface area contributed by atoms with Gasteiger partial charge in [0.25, 0.3) is 0 Å². The van der Waals surface area contributed by atoms with Gasteiger partial charge in [0.15, 0.2) is 0 Å². The first-order valence-electron chi connectivity index (χ1n) is 7.15. The van der Waals surface area contributed by atoms with Crippen LogP contribution in [-0.4, -0.2) is 11.9 Å². The first kappa shape index (κ1) is 16.7. The lowest BCUT2D eigenvalue weighted by atomic mass is 9.94. The van der Waals surface area contributed by atoms with Gasteiger partial charge in [-0.2, -0.15) is 0 Å². The van der Waals surface area contributed by atoms with E-state index in [0.717, 1.165) is 17.7 Å². The Morgan fingerprint density at radius 1 is 1.00 bits per heavy atom. The second-order valence-corrected chi connectivity index (χ2v) is 6.21. The Morgan fingerprint density at radius 3 is 2.17 bits per heavy atom. The Bertz CT molecular complexity index is 862. The van der Waals surface area contributed by atoms with Gasteiger partial charge in [-0.05, 0) is 23.8 Å². The number of halogens is 4. The highest BCUT2D eigenvalue weighted by Gasteiger charge is 2.27. The van der Waals surface area contributed by atoms with Crippen LogP contribution in [0.25, 0.3) is 11.3 Å². The van der Waals surface area contributed by atoms with E-state index in [1.807, 2.05) is 30.3 Å². The summed E-state index contributed by atoms with van der Waals surface area (Å²) in [5.41, 5.74) is 2.04. The summed E-state index contributed by atoms with van der Waals surface area (Å²) in [7, 11) is 1.67. The number of allylic oxidation sites excluding steroid dienone is 3. The summed E-state index contributed by atoms with van der Waals surface area (Å²) in [5.74, 6) is -1.48. The molecule has 0 bridgehead atoms. The fraction of sp³-hybridized carbons (Fsp3) is 0.0526. The van der Waals surface area contributed by atoms with Crippen molar-refractivity contribution in [2.75, 3.05) is 7.05 Å². The van der Waals surface area contributed by atoms with E-state index >= 15 is 0 Å². The van der Waals surface area contributed by atoms with E-state index in [-0.39, 0.29) is 10.6 Å². The molecule has 5 heteroatoms. The lowest BCUT2D eigenvalue weighted by molar-refractivity contribution is 0.550. The van der Waals surface area contributed by atoms with E-state index in [2.05, 4.69) is 6.58 Å². The molecule has 2 aromatic carbocycles. The molecule has 122 valence electrons. The van der Waals surface area contributed by atoms with Crippen molar-refractivity contribution in [2.24, 2.45) is 0 Å². The van der Waals surface area contributed by atoms with Gasteiger partial charge in [0.2, 0.25) is 0 Å². The van der Waals surface area contributed by atoms with Gasteiger partial charge in [-0.3, -0.25) is 0 Å². The first-order valence-corrected chi connectivity index (χ1v) is 7.90. The van der Waals surface area contributed by atoms with Crippen LogP contribution in [0.15, 0.2) is 65.8 Å². The van der Waals surface area contributed by atoms with Crippen LogP contribution in [0.1, 0.15) is 11.1 Å². The van der Waals surface area contributed by atoms with Gasteiger partial charge in [0.1, 0.15) is 11.6 Å². The third kappa shape index (κ3) is 2.85. The molecular formula is C19H13Cl2F2N. The van der Waals surface area contributed by atoms with E-state index in [0.29, 0.717) is 22.0 Å². The van der Waals surface area contributed by atoms with E-state index in [1.165, 1.54) is 0 Å². The SMILES string of the molecule is C=C1C(Cl)=CC(c2ccccc2)=C(c2c(F)cc(Cl)cc2F)N1C. The zero-order chi connectivity index (χ0) is 17.4. The minimum atomic E-state index is -0.741. The maximum atomic E-state index is 14.5. The van der Waals surface area contributed by atoms with Gasteiger partial charge in [-0.1, -0.05) is 60.1 Å². The predicted molar refractivity (Wildman–Crippen MR) is 95.5 cm³/mol. The van der Waals surface area contributed by atoms with E-state index in [9.17, 15) is 8.78 Å². The Morgan fingerprint density at radius 2 is 1.58 bits per heavy atom. The topological polar surface area (TPSA) is 3.24 Å². The quantitative estimate of drug-likeness (QED) is 0.625. The van der Waals surface area contributed by atoms with Gasteiger partial charge in [0, 0.05) is 17.6 Å². The number of hydrogen-bond acceptors (Lipinski definition) is 1. The molecule has 1 aliphatic rings. The molecule has 0 aliphatic carbocycles. The summed E-state index contributed by atoms with van der Waals surface area (Å²) in [6.45, 7) is 3.88. The van der Waals surface area contributed by atoms with Crippen LogP contribution < -0.4 is 0 Å². The zero-order valence-corrected chi connectivity index (χ0v) is 14.3. The van der Waals surface area contributed by atoms with Gasteiger partial charge < -0.3 is 4.90 Å². The largest absolute Gasteiger partial charge is 0.343 e. The van der Waals surface area contributed by atoms with Crippen LogP contribution in [0.5, 0.6) is 0 Å². The number of likely N-dealkylation sites (N-methyl/N-ethyl adjacent to an activating group) is 1. The highest BCUT2D eigenvalue weighted by atomic mass is 35.5. The Balaban J connectivity index is 2.36. The molecule has 2 aromatic rings. The molecule has 3 rings (SSSR count). The van der Waals surface area contributed by atoms with Crippen molar-refractivity contribution < 1.29 is 8.78 Å². The summed E-state index contributed by atoms with van der Waals surface area (Å²) in [6.07, 6.45) is 1.67. The summed E-state index contributed by atoms with van der Waals surface area (Å²) < 4.78 is 29.0. The zero-order valence-electron chi connectivity index (χ0n) is 12.8. The van der Waals surface area contributed by atoms with Crippen LogP contribution in [-0.2, 0) is 0 Å². The fourth-order valence-electron chi connectivity index (χ4n) is 2.66. The molecule has 0 aromatic heterocycles. The average Bonchev–Trinajstić information content (AvgIpc) is 2.54. The molecule has 0 saturated carbocycles. The van der Waals surface area contributed by atoms with Crippen LogP contribution in [0.3, 0.4) is 0 Å². The standard InChI is InChI=1S/C19H13Cl2F2N/c1-11-15(21)10-14(12-6-4-3-5-7-12)19(24(11)2)18-16(22)8-13(20)9-17(18)23/h3-10H,1H2,2H3. The number of nitrogens with zero attached hydrogens (tertiary/aromatic N) is 1. The molecule has 0 unspecified atom stereocenters. The molecule has 0 spiro atoms. The predicted octanol–water partition coefficient (Wildman–Crippen LogP) is 6.07. The van der Waals surface area contributed by atoms with E-state index in [4.69, 9.17) is 23.2 Å². The molecule has 0 amide bonds. The lowest BCUT2D eigenvalue weighted by Gasteiger charge is -2.31. The summed E-state index contributed by atoms with van der Waals surface area (Å²) in [6, 6.07) is 11.4. The number of hydrogen-bond donors (Lipinski definition) is 0. The third-order valence-corrected chi connectivity index (χ3v) is 4.42. The normalized spacial score (nSPS) is 15.0. The Hall–Kier alpha value is -2.10. The van der Waals surface area contributed by atoms with Crippen molar-refractivity contribution in [1.29, 1.82) is 0 Å². The Kier molecular flexibility index (Phi) is 4.48. The molecule has 1 heterocycles. The highest BCUT2D eigenvalue weighted by Crippen LogP contribution is 2.41. The van der Waals surface area contributed by atoms with E-state index in [1.54, 1.807) is 18.0 Å². The molecule has 0 saturated heterocycles. The van der Waals surface area contributed by atoms with Gasteiger partial charge in [-0.15, -0.1) is 0 Å². The van der Waals surface area contributed by atoms with Crippen molar-refractivity contribution in [2.45, 2.75) is 0 Å². The van der Waals surface area contributed by atoms with Crippen molar-refractivity contribution in [3.63, 3.8) is 0 Å². The minimum absolute atomic E-state index is 0.00137. The van der Waals surface area contributed by atoms with Crippen molar-refractivity contribution in [3.05, 3.63) is 93.6 Å². The highest BCUT2D eigenvalue weighted by molar-refractivity contribution is 6.33. The third-order valence-electron chi connectivity index (χ3n) is 3.87. The van der Waals surface area contributed by atoms with E-state index < -0.39 is 11.6 Å². The molecule has 0 radical (unpaired) electrons. The van der Waals surface area contributed by atoms with Crippen LogP contribution in [0.2, 0.25) is 5.02 Å². The molecule has 0 N–H and O–H groups in total. The van der Waals surface area contributed by atoms with Gasteiger partial charge >= 0.3 is 0 Å². The van der Waals surface area contributed by atoms with Gasteiger partial charge in [-0.25, -0.2) is 8.78 Å². The number of benzene rings is 2. The van der Waals surface area contributed by atoms with Crippen molar-refractivity contribution in [3.8, 4) is 0 Å². The molecule has 1 nitrogen and oxygen atoms in total. The molecule has 0 atom stereocenters. The fourth-order valence-corrected chi connectivity index (χ4v) is 3.09. The van der Waals surface area contributed by atoms with Crippen molar-refractivity contribution in [1.82, 2.24) is 4.90 Å². The maximum Gasteiger partial charge on any atom is 0.136 e. The van der Waals surface area contributed by atoms with Crippen LogP contribution in [0.4, 0.5) is 8.78 Å². The van der Waals surface area contributed by atoms with Crippen LogP contribution in [0, 0.1) is 11.6 Å². The molecular weight excluding hydrogens is 351 g/mol. The minimum Gasteiger partial charge on any atom is -0.343 e. The maximum absolute atomic E-state index is 14.5. The smallest absolute Gasteiger partial charge is 0.136 e.